The second-order valence-corrected chi connectivity index (χ2v) is 10.3. The van der Waals surface area contributed by atoms with Gasteiger partial charge in [-0.05, 0) is 57.9 Å². The number of carbonyl (C=O) groups is 2. The second kappa shape index (κ2) is 12.0. The number of benzene rings is 1. The smallest absolute Gasteiger partial charge is 0.408 e. The Morgan fingerprint density at radius 2 is 1.89 bits per heavy atom. The first-order valence-corrected chi connectivity index (χ1v) is 12.7. The predicted molar refractivity (Wildman–Crippen MR) is 144 cm³/mol. The molecule has 2 aromatic heterocycles. The van der Waals surface area contributed by atoms with E-state index in [1.165, 1.54) is 0 Å². The SMILES string of the molecule is CCC(=O)CCCCCC(NC(=O)OC(C)(C)C)c1ncc(-c2ccc3nc(N(C)C)ccc3c2)[nH]1. The van der Waals surface area contributed by atoms with Gasteiger partial charge in [0, 0.05) is 37.9 Å². The number of alkyl carbamates (subject to hydrolysis) is 1. The monoisotopic (exact) mass is 493 g/mol. The quantitative estimate of drug-likeness (QED) is 0.309. The van der Waals surface area contributed by atoms with Crippen molar-refractivity contribution in [3.05, 3.63) is 42.4 Å². The molecule has 0 saturated carbocycles. The van der Waals surface area contributed by atoms with Crippen LogP contribution in [-0.4, -0.2) is 46.5 Å². The summed E-state index contributed by atoms with van der Waals surface area (Å²) in [5.74, 6) is 1.88. The van der Waals surface area contributed by atoms with E-state index in [9.17, 15) is 9.59 Å². The van der Waals surface area contributed by atoms with E-state index in [2.05, 4.69) is 32.4 Å². The number of anilines is 1. The molecular formula is C28H39N5O3. The van der Waals surface area contributed by atoms with Crippen LogP contribution in [0.1, 0.15) is 78.1 Å². The zero-order valence-electron chi connectivity index (χ0n) is 22.4. The lowest BCUT2D eigenvalue weighted by molar-refractivity contribution is -0.118. The summed E-state index contributed by atoms with van der Waals surface area (Å²) < 4.78 is 5.48. The van der Waals surface area contributed by atoms with Crippen molar-refractivity contribution in [2.45, 2.75) is 77.9 Å². The molecule has 8 heteroatoms. The van der Waals surface area contributed by atoms with Gasteiger partial charge in [0.1, 0.15) is 23.0 Å². The molecule has 3 rings (SSSR count). The number of Topliss-reactive ketones (excluding diaryl/α,β-unsaturated/α-hetero) is 1. The number of aromatic amines is 1. The minimum atomic E-state index is -0.588. The van der Waals surface area contributed by atoms with Crippen molar-refractivity contribution in [1.29, 1.82) is 0 Å². The molecule has 194 valence electrons. The lowest BCUT2D eigenvalue weighted by Gasteiger charge is -2.23. The van der Waals surface area contributed by atoms with Crippen molar-refractivity contribution in [3.63, 3.8) is 0 Å². The van der Waals surface area contributed by atoms with Crippen LogP contribution in [0.2, 0.25) is 0 Å². The van der Waals surface area contributed by atoms with Crippen LogP contribution >= 0.6 is 0 Å². The number of ketones is 1. The molecule has 0 aliphatic heterocycles. The molecule has 0 bridgehead atoms. The van der Waals surface area contributed by atoms with Crippen LogP contribution in [0, 0.1) is 0 Å². The third kappa shape index (κ3) is 7.80. The molecule has 0 aliphatic carbocycles. The van der Waals surface area contributed by atoms with Gasteiger partial charge >= 0.3 is 6.09 Å². The van der Waals surface area contributed by atoms with Crippen molar-refractivity contribution in [2.75, 3.05) is 19.0 Å². The molecule has 1 aromatic carbocycles. The van der Waals surface area contributed by atoms with E-state index in [1.807, 2.05) is 64.9 Å². The minimum absolute atomic E-state index is 0.289. The predicted octanol–water partition coefficient (Wildman–Crippen LogP) is 6.19. The summed E-state index contributed by atoms with van der Waals surface area (Å²) in [6.45, 7) is 7.42. The number of ether oxygens (including phenoxy) is 1. The number of aromatic nitrogens is 3. The summed E-state index contributed by atoms with van der Waals surface area (Å²) >= 11 is 0. The van der Waals surface area contributed by atoms with Crippen LogP contribution in [0.25, 0.3) is 22.2 Å². The van der Waals surface area contributed by atoms with Crippen molar-refractivity contribution in [1.82, 2.24) is 20.3 Å². The highest BCUT2D eigenvalue weighted by atomic mass is 16.6. The third-order valence-electron chi connectivity index (χ3n) is 5.90. The highest BCUT2D eigenvalue weighted by molar-refractivity contribution is 5.85. The summed E-state index contributed by atoms with van der Waals surface area (Å²) in [6, 6.07) is 9.85. The molecule has 3 aromatic rings. The van der Waals surface area contributed by atoms with Crippen molar-refractivity contribution in [3.8, 4) is 11.3 Å². The molecule has 0 saturated heterocycles. The summed E-state index contributed by atoms with van der Waals surface area (Å²) in [5, 5.41) is 4.02. The zero-order valence-corrected chi connectivity index (χ0v) is 22.4. The number of imidazole rings is 1. The van der Waals surface area contributed by atoms with Crippen molar-refractivity contribution in [2.24, 2.45) is 0 Å². The molecule has 8 nitrogen and oxygen atoms in total. The maximum Gasteiger partial charge on any atom is 0.408 e. The third-order valence-corrected chi connectivity index (χ3v) is 5.90. The Balaban J connectivity index is 1.75. The Labute approximate surface area is 213 Å². The molecule has 36 heavy (non-hydrogen) atoms. The molecule has 2 N–H and O–H groups in total. The molecular weight excluding hydrogens is 454 g/mol. The number of hydrogen-bond acceptors (Lipinski definition) is 6. The average Bonchev–Trinajstić information content (AvgIpc) is 3.31. The van der Waals surface area contributed by atoms with Gasteiger partial charge in [0.15, 0.2) is 0 Å². The Morgan fingerprint density at radius 3 is 2.58 bits per heavy atom. The van der Waals surface area contributed by atoms with E-state index in [0.717, 1.165) is 47.2 Å². The van der Waals surface area contributed by atoms with Crippen molar-refractivity contribution >= 4 is 28.6 Å². The first kappa shape index (κ1) is 27.2. The number of hydrogen-bond donors (Lipinski definition) is 2. The highest BCUT2D eigenvalue weighted by Gasteiger charge is 2.22. The Hall–Kier alpha value is -3.42. The summed E-state index contributed by atoms with van der Waals surface area (Å²) in [4.78, 5) is 38.8. The van der Waals surface area contributed by atoms with Gasteiger partial charge in [-0.15, -0.1) is 0 Å². The minimum Gasteiger partial charge on any atom is -0.444 e. The van der Waals surface area contributed by atoms with E-state index in [-0.39, 0.29) is 11.8 Å². The van der Waals surface area contributed by atoms with Gasteiger partial charge in [-0.2, -0.15) is 0 Å². The Morgan fingerprint density at radius 1 is 1.11 bits per heavy atom. The van der Waals surface area contributed by atoms with Crippen LogP contribution in [-0.2, 0) is 9.53 Å². The first-order chi connectivity index (χ1) is 17.1. The van der Waals surface area contributed by atoms with Gasteiger partial charge in [-0.3, -0.25) is 4.79 Å². The maximum atomic E-state index is 12.5. The van der Waals surface area contributed by atoms with Crippen LogP contribution < -0.4 is 10.2 Å². The zero-order chi connectivity index (χ0) is 26.3. The fourth-order valence-corrected chi connectivity index (χ4v) is 3.94. The van der Waals surface area contributed by atoms with Gasteiger partial charge in [0.2, 0.25) is 0 Å². The van der Waals surface area contributed by atoms with Gasteiger partial charge in [0.05, 0.1) is 23.4 Å². The molecule has 1 atom stereocenters. The number of unbranched alkanes of at least 4 members (excludes halogenated alkanes) is 2. The van der Waals surface area contributed by atoms with Gasteiger partial charge in [0.25, 0.3) is 0 Å². The molecule has 0 radical (unpaired) electrons. The lowest BCUT2D eigenvalue weighted by Crippen LogP contribution is -2.35. The van der Waals surface area contributed by atoms with E-state index in [1.54, 1.807) is 6.20 Å². The lowest BCUT2D eigenvalue weighted by atomic mass is 10.0. The number of nitrogens with one attached hydrogen (secondary N) is 2. The van der Waals surface area contributed by atoms with E-state index in [4.69, 9.17) is 4.74 Å². The molecule has 1 unspecified atom stereocenters. The maximum absolute atomic E-state index is 12.5. The fourth-order valence-electron chi connectivity index (χ4n) is 3.94. The number of rotatable bonds is 11. The number of amides is 1. The van der Waals surface area contributed by atoms with E-state index >= 15 is 0 Å². The normalized spacial score (nSPS) is 12.4. The molecule has 0 spiro atoms. The molecule has 1 amide bonds. The number of H-pyrrole nitrogens is 1. The van der Waals surface area contributed by atoms with Gasteiger partial charge in [-0.25, -0.2) is 14.8 Å². The standard InChI is InChI=1S/C28H39N5O3/c1-7-21(34)11-9-8-10-12-23(32-27(35)36-28(2,3)4)26-29-18-24(31-26)20-13-15-22-19(17-20)14-16-25(30-22)33(5)6/h13-18,23H,7-12H2,1-6H3,(H,29,31)(H,32,35). The summed E-state index contributed by atoms with van der Waals surface area (Å²) in [7, 11) is 3.95. The average molecular weight is 494 g/mol. The van der Waals surface area contributed by atoms with E-state index in [0.29, 0.717) is 25.1 Å². The largest absolute Gasteiger partial charge is 0.444 e. The van der Waals surface area contributed by atoms with Gasteiger partial charge < -0.3 is 19.9 Å². The second-order valence-electron chi connectivity index (χ2n) is 10.3. The molecule has 0 fully saturated rings. The van der Waals surface area contributed by atoms with Crippen molar-refractivity contribution < 1.29 is 14.3 Å². The van der Waals surface area contributed by atoms with Crippen LogP contribution in [0.15, 0.2) is 36.5 Å². The van der Waals surface area contributed by atoms with Crippen LogP contribution in [0.4, 0.5) is 10.6 Å². The van der Waals surface area contributed by atoms with Crippen LogP contribution in [0.5, 0.6) is 0 Å². The Bertz CT molecular complexity index is 1180. The number of carbonyl (C=O) groups excluding carboxylic acids is 2. The fraction of sp³-hybridized carbons (Fsp3) is 0.500. The van der Waals surface area contributed by atoms with E-state index < -0.39 is 11.7 Å². The topological polar surface area (TPSA) is 100 Å². The highest BCUT2D eigenvalue weighted by Crippen LogP contribution is 2.26. The molecule has 0 aliphatic rings. The number of pyridine rings is 1. The first-order valence-electron chi connectivity index (χ1n) is 12.7. The summed E-state index contributed by atoms with van der Waals surface area (Å²) in [6.07, 6.45) is 5.85. The Kier molecular flexibility index (Phi) is 9.07. The molecule has 2 heterocycles. The van der Waals surface area contributed by atoms with Crippen LogP contribution in [0.3, 0.4) is 0 Å². The number of fused-ring (bicyclic) bond motifs is 1. The van der Waals surface area contributed by atoms with Gasteiger partial charge in [-0.1, -0.05) is 25.8 Å². The number of nitrogens with zero attached hydrogens (tertiary/aromatic N) is 3. The summed E-state index contributed by atoms with van der Waals surface area (Å²) in [5.41, 5.74) is 2.20.